The molecule has 2 heterocycles. The molecule has 0 aliphatic heterocycles. The summed E-state index contributed by atoms with van der Waals surface area (Å²) in [6.07, 6.45) is 3.61. The topological polar surface area (TPSA) is 41.6 Å². The number of aromatic nitrogens is 3. The third kappa shape index (κ3) is 2.09. The number of nitrogens with zero attached hydrogens (tertiary/aromatic N) is 2. The fourth-order valence-electron chi connectivity index (χ4n) is 2.54. The Morgan fingerprint density at radius 1 is 0.857 bits per heavy atom. The molecule has 100 valence electrons. The first-order valence-electron chi connectivity index (χ1n) is 6.87. The van der Waals surface area contributed by atoms with Gasteiger partial charge in [0.1, 0.15) is 5.82 Å². The van der Waals surface area contributed by atoms with Crippen molar-refractivity contribution in [1.82, 2.24) is 15.0 Å². The fourth-order valence-corrected chi connectivity index (χ4v) is 2.54. The molecule has 0 aliphatic rings. The van der Waals surface area contributed by atoms with Crippen molar-refractivity contribution >= 4 is 10.9 Å². The molecule has 0 spiro atoms. The average molecular weight is 271 g/mol. The van der Waals surface area contributed by atoms with Crippen molar-refractivity contribution in [3.63, 3.8) is 0 Å². The van der Waals surface area contributed by atoms with Crippen LogP contribution >= 0.6 is 0 Å². The summed E-state index contributed by atoms with van der Waals surface area (Å²) in [7, 11) is 0. The zero-order chi connectivity index (χ0) is 14.1. The second kappa shape index (κ2) is 4.87. The maximum atomic E-state index is 4.77. The first-order valence-corrected chi connectivity index (χ1v) is 6.87. The minimum absolute atomic E-state index is 0.866. The number of pyridine rings is 1. The number of rotatable bonds is 2. The molecule has 1 N–H and O–H groups in total. The SMILES string of the molecule is c1ccc(-c2cc(-c3ncc[nH]3)c3ccccc3n2)cc1. The third-order valence-corrected chi connectivity index (χ3v) is 3.54. The summed E-state index contributed by atoms with van der Waals surface area (Å²) in [5, 5.41) is 1.10. The third-order valence-electron chi connectivity index (χ3n) is 3.54. The van der Waals surface area contributed by atoms with E-state index in [9.17, 15) is 0 Å². The van der Waals surface area contributed by atoms with Gasteiger partial charge >= 0.3 is 0 Å². The van der Waals surface area contributed by atoms with E-state index in [-0.39, 0.29) is 0 Å². The van der Waals surface area contributed by atoms with Crippen LogP contribution in [-0.2, 0) is 0 Å². The number of H-pyrrole nitrogens is 1. The van der Waals surface area contributed by atoms with Gasteiger partial charge in [-0.15, -0.1) is 0 Å². The van der Waals surface area contributed by atoms with Crippen LogP contribution in [0.1, 0.15) is 0 Å². The molecule has 2 aromatic carbocycles. The predicted octanol–water partition coefficient (Wildman–Crippen LogP) is 4.29. The largest absolute Gasteiger partial charge is 0.345 e. The van der Waals surface area contributed by atoms with Gasteiger partial charge in [0.15, 0.2) is 0 Å². The molecule has 0 fully saturated rings. The molecule has 0 amide bonds. The predicted molar refractivity (Wildman–Crippen MR) is 84.8 cm³/mol. The van der Waals surface area contributed by atoms with Gasteiger partial charge in [-0.25, -0.2) is 9.97 Å². The highest BCUT2D eigenvalue weighted by molar-refractivity contribution is 5.95. The van der Waals surface area contributed by atoms with Crippen molar-refractivity contribution in [2.45, 2.75) is 0 Å². The van der Waals surface area contributed by atoms with Crippen molar-refractivity contribution in [2.75, 3.05) is 0 Å². The maximum absolute atomic E-state index is 4.77. The Bertz CT molecular complexity index is 881. The van der Waals surface area contributed by atoms with Crippen LogP contribution in [0, 0.1) is 0 Å². The first kappa shape index (κ1) is 11.9. The summed E-state index contributed by atoms with van der Waals surface area (Å²) in [4.78, 5) is 12.3. The van der Waals surface area contributed by atoms with Crippen LogP contribution in [0.2, 0.25) is 0 Å². The Morgan fingerprint density at radius 3 is 2.48 bits per heavy atom. The van der Waals surface area contributed by atoms with Crippen LogP contribution in [-0.4, -0.2) is 15.0 Å². The molecule has 0 atom stereocenters. The van der Waals surface area contributed by atoms with Crippen molar-refractivity contribution in [3.8, 4) is 22.6 Å². The minimum atomic E-state index is 0.866. The zero-order valence-corrected chi connectivity index (χ0v) is 11.3. The van der Waals surface area contributed by atoms with Gasteiger partial charge in [0.25, 0.3) is 0 Å². The molecule has 0 saturated heterocycles. The molecular formula is C18H13N3. The molecule has 0 aliphatic carbocycles. The molecular weight excluding hydrogens is 258 g/mol. The number of hydrogen-bond donors (Lipinski definition) is 1. The summed E-state index contributed by atoms with van der Waals surface area (Å²) in [5.41, 5.74) is 4.12. The van der Waals surface area contributed by atoms with E-state index in [0.717, 1.165) is 33.5 Å². The molecule has 21 heavy (non-hydrogen) atoms. The lowest BCUT2D eigenvalue weighted by Crippen LogP contribution is -1.90. The molecule has 4 aromatic rings. The van der Waals surface area contributed by atoms with E-state index in [2.05, 4.69) is 34.2 Å². The van der Waals surface area contributed by atoms with Crippen LogP contribution in [0.15, 0.2) is 73.1 Å². The van der Waals surface area contributed by atoms with E-state index in [1.54, 1.807) is 6.20 Å². The van der Waals surface area contributed by atoms with E-state index < -0.39 is 0 Å². The van der Waals surface area contributed by atoms with Gasteiger partial charge in [0, 0.05) is 28.9 Å². The standard InChI is InChI=1S/C18H13N3/c1-2-6-13(7-3-1)17-12-15(18-19-10-11-20-18)14-8-4-5-9-16(14)21-17/h1-12H,(H,19,20). The first-order chi connectivity index (χ1) is 10.4. The van der Waals surface area contributed by atoms with E-state index in [1.807, 2.05) is 42.6 Å². The summed E-state index contributed by atoms with van der Waals surface area (Å²) in [5.74, 6) is 0.866. The van der Waals surface area contributed by atoms with Crippen LogP contribution in [0.3, 0.4) is 0 Å². The second-order valence-electron chi connectivity index (χ2n) is 4.88. The quantitative estimate of drug-likeness (QED) is 0.591. The number of benzene rings is 2. The van der Waals surface area contributed by atoms with Gasteiger partial charge in [-0.2, -0.15) is 0 Å². The van der Waals surface area contributed by atoms with Gasteiger partial charge in [0.05, 0.1) is 11.2 Å². The second-order valence-corrected chi connectivity index (χ2v) is 4.88. The summed E-state index contributed by atoms with van der Waals surface area (Å²) in [6.45, 7) is 0. The van der Waals surface area contributed by atoms with Crippen LogP contribution in [0.5, 0.6) is 0 Å². The Morgan fingerprint density at radius 2 is 1.67 bits per heavy atom. The van der Waals surface area contributed by atoms with Crippen molar-refractivity contribution in [1.29, 1.82) is 0 Å². The van der Waals surface area contributed by atoms with Gasteiger partial charge in [-0.1, -0.05) is 48.5 Å². The Kier molecular flexibility index (Phi) is 2.75. The molecule has 0 saturated carbocycles. The summed E-state index contributed by atoms with van der Waals surface area (Å²) >= 11 is 0. The van der Waals surface area contributed by atoms with E-state index >= 15 is 0 Å². The number of fused-ring (bicyclic) bond motifs is 1. The molecule has 0 bridgehead atoms. The smallest absolute Gasteiger partial charge is 0.138 e. The van der Waals surface area contributed by atoms with Gasteiger partial charge < -0.3 is 4.98 Å². The highest BCUT2D eigenvalue weighted by Gasteiger charge is 2.10. The molecule has 0 radical (unpaired) electrons. The van der Waals surface area contributed by atoms with Crippen LogP contribution in [0.25, 0.3) is 33.5 Å². The maximum Gasteiger partial charge on any atom is 0.138 e. The highest BCUT2D eigenvalue weighted by atomic mass is 14.9. The zero-order valence-electron chi connectivity index (χ0n) is 11.3. The number of aromatic amines is 1. The number of imidazole rings is 1. The minimum Gasteiger partial charge on any atom is -0.345 e. The lowest BCUT2D eigenvalue weighted by atomic mass is 10.0. The lowest BCUT2D eigenvalue weighted by Gasteiger charge is -2.08. The monoisotopic (exact) mass is 271 g/mol. The van der Waals surface area contributed by atoms with Gasteiger partial charge in [0.2, 0.25) is 0 Å². The average Bonchev–Trinajstić information content (AvgIpc) is 3.09. The molecule has 0 unspecified atom stereocenters. The van der Waals surface area contributed by atoms with E-state index in [4.69, 9.17) is 4.98 Å². The van der Waals surface area contributed by atoms with Crippen LogP contribution < -0.4 is 0 Å². The fraction of sp³-hybridized carbons (Fsp3) is 0. The lowest BCUT2D eigenvalue weighted by molar-refractivity contribution is 1.30. The number of nitrogens with one attached hydrogen (secondary N) is 1. The molecule has 4 rings (SSSR count). The summed E-state index contributed by atoms with van der Waals surface area (Å²) in [6, 6.07) is 20.5. The summed E-state index contributed by atoms with van der Waals surface area (Å²) < 4.78 is 0. The van der Waals surface area contributed by atoms with E-state index in [1.165, 1.54) is 0 Å². The molecule has 2 aromatic heterocycles. The van der Waals surface area contributed by atoms with Crippen molar-refractivity contribution < 1.29 is 0 Å². The van der Waals surface area contributed by atoms with Crippen LogP contribution in [0.4, 0.5) is 0 Å². The molecule has 3 nitrogen and oxygen atoms in total. The highest BCUT2D eigenvalue weighted by Crippen LogP contribution is 2.29. The Labute approximate surface area is 122 Å². The number of para-hydroxylation sites is 1. The molecule has 3 heteroatoms. The van der Waals surface area contributed by atoms with Gasteiger partial charge in [-0.3, -0.25) is 0 Å². The van der Waals surface area contributed by atoms with Crippen molar-refractivity contribution in [2.24, 2.45) is 0 Å². The van der Waals surface area contributed by atoms with E-state index in [0.29, 0.717) is 0 Å². The Balaban J connectivity index is 2.03. The number of hydrogen-bond acceptors (Lipinski definition) is 2. The Hall–Kier alpha value is -2.94. The van der Waals surface area contributed by atoms with Crippen molar-refractivity contribution in [3.05, 3.63) is 73.1 Å². The van der Waals surface area contributed by atoms with Gasteiger partial charge in [-0.05, 0) is 12.1 Å². The normalized spacial score (nSPS) is 10.9.